The number of urea groups is 1. The smallest absolute Gasteiger partial charge is 0.368 e. The minimum atomic E-state index is -4.22. The predicted octanol–water partition coefficient (Wildman–Crippen LogP) is 4.11. The molecular weight excluding hydrogens is 414 g/mol. The van der Waals surface area contributed by atoms with Gasteiger partial charge in [0.2, 0.25) is 0 Å². The lowest BCUT2D eigenvalue weighted by molar-refractivity contribution is -0.168. The van der Waals surface area contributed by atoms with Crippen molar-refractivity contribution in [3.05, 3.63) is 40.9 Å². The quantitative estimate of drug-likeness (QED) is 0.728. The van der Waals surface area contributed by atoms with E-state index in [-0.39, 0.29) is 24.5 Å². The summed E-state index contributed by atoms with van der Waals surface area (Å²) >= 11 is 5.74. The summed E-state index contributed by atoms with van der Waals surface area (Å²) in [4.78, 5) is 15.8. The first kappa shape index (κ1) is 19.8. The molecule has 1 aromatic carbocycles. The van der Waals surface area contributed by atoms with Gasteiger partial charge in [-0.3, -0.25) is 4.68 Å². The van der Waals surface area contributed by atoms with E-state index in [0.717, 1.165) is 6.07 Å². The molecule has 0 bridgehead atoms. The molecule has 1 saturated heterocycles. The first-order chi connectivity index (χ1) is 13.7. The van der Waals surface area contributed by atoms with E-state index in [0.29, 0.717) is 36.7 Å². The van der Waals surface area contributed by atoms with Gasteiger partial charge in [-0.1, -0.05) is 11.6 Å². The molecule has 1 aromatic heterocycles. The highest BCUT2D eigenvalue weighted by molar-refractivity contribution is 6.31. The van der Waals surface area contributed by atoms with Crippen LogP contribution in [0.3, 0.4) is 0 Å². The van der Waals surface area contributed by atoms with Crippen molar-refractivity contribution in [1.29, 1.82) is 0 Å². The molecule has 0 aliphatic carbocycles. The molecule has 1 N–H and O–H groups in total. The van der Waals surface area contributed by atoms with Gasteiger partial charge in [-0.25, -0.2) is 9.18 Å². The summed E-state index contributed by atoms with van der Waals surface area (Å²) in [7, 11) is 0. The van der Waals surface area contributed by atoms with Crippen molar-refractivity contribution in [3.8, 4) is 0 Å². The Bertz CT molecular complexity index is 931. The largest absolute Gasteiger partial charge is 0.393 e. The molecule has 2 aliphatic rings. The van der Waals surface area contributed by atoms with Crippen LogP contribution in [0.25, 0.3) is 0 Å². The van der Waals surface area contributed by atoms with Crippen molar-refractivity contribution in [2.24, 2.45) is 5.92 Å². The van der Waals surface area contributed by atoms with Gasteiger partial charge in [0, 0.05) is 25.3 Å². The van der Waals surface area contributed by atoms with E-state index in [9.17, 15) is 22.4 Å². The highest BCUT2D eigenvalue weighted by Gasteiger charge is 2.44. The van der Waals surface area contributed by atoms with Crippen molar-refractivity contribution >= 4 is 29.0 Å². The molecule has 3 heterocycles. The monoisotopic (exact) mass is 431 g/mol. The maximum atomic E-state index is 13.3. The first-order valence-corrected chi connectivity index (χ1v) is 9.47. The van der Waals surface area contributed by atoms with Crippen molar-refractivity contribution in [2.45, 2.75) is 25.7 Å². The topological polar surface area (TPSA) is 53.4 Å². The van der Waals surface area contributed by atoms with E-state index in [1.165, 1.54) is 17.0 Å². The van der Waals surface area contributed by atoms with Gasteiger partial charge in [-0.05, 0) is 24.6 Å². The Morgan fingerprint density at radius 1 is 1.24 bits per heavy atom. The highest BCUT2D eigenvalue weighted by Crippen LogP contribution is 2.37. The van der Waals surface area contributed by atoms with Gasteiger partial charge in [-0.2, -0.15) is 18.3 Å². The Morgan fingerprint density at radius 3 is 2.72 bits per heavy atom. The molecule has 0 saturated carbocycles. The molecule has 6 nitrogen and oxygen atoms in total. The zero-order valence-electron chi connectivity index (χ0n) is 15.2. The Morgan fingerprint density at radius 2 is 2.03 bits per heavy atom. The summed E-state index contributed by atoms with van der Waals surface area (Å²) in [6.07, 6.45) is -2.61. The summed E-state index contributed by atoms with van der Waals surface area (Å²) in [5.41, 5.74) is 1.68. The standard InChI is InChI=1S/C18H18ClF4N5O/c19-13-7-12(1-2-14(13)20)25-17(29)27-5-6-28-16(10-27)15(8-24-28)26-4-3-11(9-26)18(21,22)23/h1-2,7-8,11H,3-6,9-10H2,(H,25,29). The number of anilines is 2. The lowest BCUT2D eigenvalue weighted by Gasteiger charge is -2.30. The van der Waals surface area contributed by atoms with Gasteiger partial charge in [0.05, 0.1) is 41.6 Å². The second kappa shape index (κ2) is 7.40. The molecule has 2 amide bonds. The lowest BCUT2D eigenvalue weighted by Crippen LogP contribution is -2.41. The number of carbonyl (C=O) groups is 1. The van der Waals surface area contributed by atoms with Gasteiger partial charge in [0.1, 0.15) is 5.82 Å². The SMILES string of the molecule is O=C(Nc1ccc(F)c(Cl)c1)N1CCn2ncc(N3CCC(C(F)(F)F)C3)c2C1. The van der Waals surface area contributed by atoms with E-state index >= 15 is 0 Å². The second-order valence-corrected chi connectivity index (χ2v) is 7.56. The van der Waals surface area contributed by atoms with Crippen LogP contribution in [0.2, 0.25) is 5.02 Å². The number of hydrogen-bond acceptors (Lipinski definition) is 3. The fraction of sp³-hybridized carbons (Fsp3) is 0.444. The maximum absolute atomic E-state index is 13.3. The first-order valence-electron chi connectivity index (χ1n) is 9.09. The van der Waals surface area contributed by atoms with E-state index in [2.05, 4.69) is 10.4 Å². The average molecular weight is 432 g/mol. The van der Waals surface area contributed by atoms with E-state index in [4.69, 9.17) is 11.6 Å². The zero-order valence-corrected chi connectivity index (χ0v) is 16.0. The number of hydrogen-bond donors (Lipinski definition) is 1. The van der Waals surface area contributed by atoms with Crippen LogP contribution in [0, 0.1) is 11.7 Å². The summed E-state index contributed by atoms with van der Waals surface area (Å²) in [5, 5.41) is 6.82. The molecule has 0 radical (unpaired) electrons. The molecule has 2 aromatic rings. The number of carbonyl (C=O) groups excluding carboxylic acids is 1. The van der Waals surface area contributed by atoms with E-state index in [1.807, 2.05) is 0 Å². The van der Waals surface area contributed by atoms with Gasteiger partial charge < -0.3 is 15.1 Å². The fourth-order valence-electron chi connectivity index (χ4n) is 3.69. The van der Waals surface area contributed by atoms with Crippen LogP contribution in [-0.4, -0.2) is 46.5 Å². The van der Waals surface area contributed by atoms with Crippen LogP contribution in [0.4, 0.5) is 33.7 Å². The van der Waals surface area contributed by atoms with Crippen LogP contribution in [0.15, 0.2) is 24.4 Å². The van der Waals surface area contributed by atoms with Crippen molar-refractivity contribution in [1.82, 2.24) is 14.7 Å². The van der Waals surface area contributed by atoms with Crippen molar-refractivity contribution in [2.75, 3.05) is 29.9 Å². The Balaban J connectivity index is 1.46. The molecule has 1 unspecified atom stereocenters. The molecular formula is C18H18ClF4N5O. The number of rotatable bonds is 2. The summed E-state index contributed by atoms with van der Waals surface area (Å²) in [5.74, 6) is -1.94. The van der Waals surface area contributed by atoms with Crippen molar-refractivity contribution < 1.29 is 22.4 Å². The average Bonchev–Trinajstić information content (AvgIpc) is 3.30. The number of amides is 2. The molecule has 29 heavy (non-hydrogen) atoms. The minimum Gasteiger partial charge on any atom is -0.368 e. The van der Waals surface area contributed by atoms with Gasteiger partial charge >= 0.3 is 12.2 Å². The zero-order chi connectivity index (χ0) is 20.8. The Kier molecular flexibility index (Phi) is 5.05. The number of nitrogens with one attached hydrogen (secondary N) is 1. The fourth-order valence-corrected chi connectivity index (χ4v) is 3.87. The highest BCUT2D eigenvalue weighted by atomic mass is 35.5. The number of aromatic nitrogens is 2. The van der Waals surface area contributed by atoms with Crippen LogP contribution in [-0.2, 0) is 13.1 Å². The third kappa shape index (κ3) is 3.98. The molecule has 2 aliphatic heterocycles. The number of nitrogens with zero attached hydrogens (tertiary/aromatic N) is 4. The van der Waals surface area contributed by atoms with Crippen LogP contribution >= 0.6 is 11.6 Å². The number of halogens is 5. The van der Waals surface area contributed by atoms with Gasteiger partial charge in [0.25, 0.3) is 0 Å². The van der Waals surface area contributed by atoms with Crippen LogP contribution in [0.5, 0.6) is 0 Å². The van der Waals surface area contributed by atoms with E-state index < -0.39 is 23.9 Å². The molecule has 1 fully saturated rings. The summed E-state index contributed by atoms with van der Waals surface area (Å²) in [6, 6.07) is 3.47. The minimum absolute atomic E-state index is 0.0453. The van der Waals surface area contributed by atoms with Crippen molar-refractivity contribution in [3.63, 3.8) is 0 Å². The number of fused-ring (bicyclic) bond motifs is 1. The van der Waals surface area contributed by atoms with Gasteiger partial charge in [-0.15, -0.1) is 0 Å². The molecule has 4 rings (SSSR count). The number of benzene rings is 1. The summed E-state index contributed by atoms with van der Waals surface area (Å²) in [6.45, 7) is 1.22. The molecule has 1 atom stereocenters. The lowest BCUT2D eigenvalue weighted by atomic mass is 10.1. The Hall–Kier alpha value is -2.49. The second-order valence-electron chi connectivity index (χ2n) is 7.15. The predicted molar refractivity (Wildman–Crippen MR) is 99.4 cm³/mol. The van der Waals surface area contributed by atoms with E-state index in [1.54, 1.807) is 15.8 Å². The third-order valence-corrected chi connectivity index (χ3v) is 5.59. The number of alkyl halides is 3. The molecule has 156 valence electrons. The Labute approximate surface area is 169 Å². The third-order valence-electron chi connectivity index (χ3n) is 5.30. The molecule has 0 spiro atoms. The normalized spacial score (nSPS) is 19.4. The maximum Gasteiger partial charge on any atom is 0.393 e. The van der Waals surface area contributed by atoms with Crippen LogP contribution in [0.1, 0.15) is 12.1 Å². The summed E-state index contributed by atoms with van der Waals surface area (Å²) < 4.78 is 54.0. The van der Waals surface area contributed by atoms with Crippen LogP contribution < -0.4 is 10.2 Å². The van der Waals surface area contributed by atoms with Gasteiger partial charge in [0.15, 0.2) is 0 Å². The molecule has 11 heteroatoms.